The number of aliphatic carboxylic acids is 1. The lowest BCUT2D eigenvalue weighted by Crippen LogP contribution is -2.36. The van der Waals surface area contributed by atoms with Crippen LogP contribution in [0.25, 0.3) is 0 Å². The van der Waals surface area contributed by atoms with Gasteiger partial charge in [-0.2, -0.15) is 0 Å². The third-order valence-corrected chi connectivity index (χ3v) is 4.66. The zero-order chi connectivity index (χ0) is 15.9. The van der Waals surface area contributed by atoms with E-state index in [2.05, 4.69) is 5.32 Å². The standard InChI is InChI=1S/C17H19NO4/c1-9-3-6-13(22-2)12(7-9)18-16(19)14-10-4-5-11(8-10)15(14)17(20)21/h3-7,10-11,14-15H,8H2,1-2H3,(H,18,19)(H,20,21)/t10-,11-,14-,15+/m0/s1. The Kier molecular flexibility index (Phi) is 3.64. The van der Waals surface area contributed by atoms with E-state index in [1.54, 1.807) is 13.2 Å². The molecule has 0 aromatic heterocycles. The average molecular weight is 301 g/mol. The molecule has 5 nitrogen and oxygen atoms in total. The fourth-order valence-electron chi connectivity index (χ4n) is 3.65. The number of amides is 1. The van der Waals surface area contributed by atoms with Crippen molar-refractivity contribution >= 4 is 17.6 Å². The van der Waals surface area contributed by atoms with Gasteiger partial charge >= 0.3 is 5.97 Å². The van der Waals surface area contributed by atoms with Crippen molar-refractivity contribution in [3.8, 4) is 5.75 Å². The lowest BCUT2D eigenvalue weighted by molar-refractivity contribution is -0.146. The zero-order valence-electron chi connectivity index (χ0n) is 12.6. The zero-order valence-corrected chi connectivity index (χ0v) is 12.6. The Bertz CT molecular complexity index is 652. The molecule has 1 aromatic rings. The Balaban J connectivity index is 1.84. The minimum absolute atomic E-state index is 0.0157. The van der Waals surface area contributed by atoms with Gasteiger partial charge in [0.1, 0.15) is 5.75 Å². The van der Waals surface area contributed by atoms with Crippen LogP contribution in [0.5, 0.6) is 5.75 Å². The molecule has 5 heteroatoms. The highest BCUT2D eigenvalue weighted by molar-refractivity contribution is 5.97. The lowest BCUT2D eigenvalue weighted by Gasteiger charge is -2.24. The Hall–Kier alpha value is -2.30. The minimum atomic E-state index is -0.895. The van der Waals surface area contributed by atoms with Gasteiger partial charge < -0.3 is 15.2 Å². The normalized spacial score (nSPS) is 28.6. The largest absolute Gasteiger partial charge is 0.495 e. The molecule has 1 fully saturated rings. The monoisotopic (exact) mass is 301 g/mol. The molecule has 116 valence electrons. The van der Waals surface area contributed by atoms with E-state index < -0.39 is 17.8 Å². The number of nitrogens with one attached hydrogen (secondary N) is 1. The van der Waals surface area contributed by atoms with E-state index in [9.17, 15) is 14.7 Å². The predicted octanol–water partition coefficient (Wildman–Crippen LogP) is 2.47. The summed E-state index contributed by atoms with van der Waals surface area (Å²) < 4.78 is 5.26. The van der Waals surface area contributed by atoms with Gasteiger partial charge in [-0.1, -0.05) is 18.2 Å². The van der Waals surface area contributed by atoms with Crippen LogP contribution in [0.1, 0.15) is 12.0 Å². The number of hydrogen-bond acceptors (Lipinski definition) is 3. The molecular formula is C17H19NO4. The first-order valence-electron chi connectivity index (χ1n) is 7.38. The molecule has 0 spiro atoms. The second-order valence-electron chi connectivity index (χ2n) is 6.03. The van der Waals surface area contributed by atoms with Crippen LogP contribution in [-0.4, -0.2) is 24.1 Å². The van der Waals surface area contributed by atoms with E-state index in [1.165, 1.54) is 0 Å². The summed E-state index contributed by atoms with van der Waals surface area (Å²) in [5.41, 5.74) is 1.59. The van der Waals surface area contributed by atoms with Gasteiger partial charge in [-0.05, 0) is 42.9 Å². The molecule has 4 atom stereocenters. The number of carboxylic acid groups (broad SMARTS) is 1. The molecular weight excluding hydrogens is 282 g/mol. The summed E-state index contributed by atoms with van der Waals surface area (Å²) in [5.74, 6) is -1.73. The van der Waals surface area contributed by atoms with Crippen molar-refractivity contribution in [1.29, 1.82) is 0 Å². The second-order valence-corrected chi connectivity index (χ2v) is 6.03. The number of carbonyl (C=O) groups excluding carboxylic acids is 1. The fraction of sp³-hybridized carbons (Fsp3) is 0.412. The first-order chi connectivity index (χ1) is 10.5. The van der Waals surface area contributed by atoms with Gasteiger partial charge in [-0.3, -0.25) is 9.59 Å². The van der Waals surface area contributed by atoms with Crippen molar-refractivity contribution in [2.75, 3.05) is 12.4 Å². The van der Waals surface area contributed by atoms with Crippen LogP contribution in [0.4, 0.5) is 5.69 Å². The van der Waals surface area contributed by atoms with Gasteiger partial charge in [0.05, 0.1) is 24.6 Å². The number of anilines is 1. The van der Waals surface area contributed by atoms with Gasteiger partial charge in [0.15, 0.2) is 0 Å². The third-order valence-electron chi connectivity index (χ3n) is 4.66. The summed E-state index contributed by atoms with van der Waals surface area (Å²) in [6.45, 7) is 1.93. The molecule has 2 N–H and O–H groups in total. The smallest absolute Gasteiger partial charge is 0.307 e. The molecule has 2 aliphatic rings. The van der Waals surface area contributed by atoms with Crippen molar-refractivity contribution in [3.63, 3.8) is 0 Å². The fourth-order valence-corrected chi connectivity index (χ4v) is 3.65. The Morgan fingerprint density at radius 2 is 1.91 bits per heavy atom. The van der Waals surface area contributed by atoms with E-state index in [0.717, 1.165) is 12.0 Å². The Morgan fingerprint density at radius 3 is 2.55 bits per heavy atom. The topological polar surface area (TPSA) is 75.6 Å². The number of methoxy groups -OCH3 is 1. The molecule has 0 radical (unpaired) electrons. The Morgan fingerprint density at radius 1 is 1.23 bits per heavy atom. The first-order valence-corrected chi connectivity index (χ1v) is 7.38. The van der Waals surface area contributed by atoms with Crippen LogP contribution < -0.4 is 10.1 Å². The molecule has 0 unspecified atom stereocenters. The van der Waals surface area contributed by atoms with Gasteiger partial charge in [-0.25, -0.2) is 0 Å². The van der Waals surface area contributed by atoms with Crippen LogP contribution in [-0.2, 0) is 9.59 Å². The highest BCUT2D eigenvalue weighted by atomic mass is 16.5. The molecule has 2 bridgehead atoms. The number of hydrogen-bond donors (Lipinski definition) is 2. The highest BCUT2D eigenvalue weighted by Crippen LogP contribution is 2.48. The van der Waals surface area contributed by atoms with E-state index >= 15 is 0 Å². The molecule has 1 amide bonds. The molecule has 0 saturated heterocycles. The molecule has 0 heterocycles. The number of allylic oxidation sites excluding steroid dienone is 2. The van der Waals surface area contributed by atoms with Crippen LogP contribution in [0.3, 0.4) is 0 Å². The molecule has 0 aliphatic heterocycles. The number of aryl methyl sites for hydroxylation is 1. The third kappa shape index (κ3) is 2.36. The van der Waals surface area contributed by atoms with E-state index in [0.29, 0.717) is 11.4 Å². The summed E-state index contributed by atoms with van der Waals surface area (Å²) in [6.07, 6.45) is 4.66. The van der Waals surface area contributed by atoms with Gasteiger partial charge in [0.2, 0.25) is 5.91 Å². The minimum Gasteiger partial charge on any atom is -0.495 e. The van der Waals surface area contributed by atoms with Crippen molar-refractivity contribution in [1.82, 2.24) is 0 Å². The molecule has 1 aromatic carbocycles. The molecule has 3 rings (SSSR count). The van der Waals surface area contributed by atoms with Crippen LogP contribution in [0.2, 0.25) is 0 Å². The number of benzene rings is 1. The van der Waals surface area contributed by atoms with Crippen molar-refractivity contribution < 1.29 is 19.4 Å². The van der Waals surface area contributed by atoms with Crippen LogP contribution in [0, 0.1) is 30.6 Å². The van der Waals surface area contributed by atoms with E-state index in [-0.39, 0.29) is 17.7 Å². The molecule has 2 aliphatic carbocycles. The van der Waals surface area contributed by atoms with Crippen LogP contribution >= 0.6 is 0 Å². The molecule has 1 saturated carbocycles. The van der Waals surface area contributed by atoms with E-state index in [1.807, 2.05) is 31.2 Å². The highest BCUT2D eigenvalue weighted by Gasteiger charge is 2.51. The maximum Gasteiger partial charge on any atom is 0.307 e. The summed E-state index contributed by atoms with van der Waals surface area (Å²) in [4.78, 5) is 24.1. The first kappa shape index (κ1) is 14.6. The maximum atomic E-state index is 12.6. The van der Waals surface area contributed by atoms with Crippen molar-refractivity contribution in [2.24, 2.45) is 23.7 Å². The van der Waals surface area contributed by atoms with Crippen LogP contribution in [0.15, 0.2) is 30.4 Å². The Labute approximate surface area is 129 Å². The van der Waals surface area contributed by atoms with Gasteiger partial charge in [0, 0.05) is 0 Å². The quantitative estimate of drug-likeness (QED) is 0.838. The lowest BCUT2D eigenvalue weighted by atomic mass is 9.82. The van der Waals surface area contributed by atoms with E-state index in [4.69, 9.17) is 4.74 Å². The van der Waals surface area contributed by atoms with Gasteiger partial charge in [-0.15, -0.1) is 0 Å². The number of carbonyl (C=O) groups is 2. The predicted molar refractivity (Wildman–Crippen MR) is 81.7 cm³/mol. The summed E-state index contributed by atoms with van der Waals surface area (Å²) in [5, 5.41) is 12.3. The number of rotatable bonds is 4. The second kappa shape index (κ2) is 5.48. The SMILES string of the molecule is COc1ccc(C)cc1NC(=O)[C@@H]1[C@H](C(=O)O)[C@H]2C=C[C@H]1C2. The number of ether oxygens (including phenoxy) is 1. The average Bonchev–Trinajstić information content (AvgIpc) is 3.08. The summed E-state index contributed by atoms with van der Waals surface area (Å²) in [6, 6.07) is 5.52. The van der Waals surface area contributed by atoms with Crippen molar-refractivity contribution in [2.45, 2.75) is 13.3 Å². The van der Waals surface area contributed by atoms with Crippen molar-refractivity contribution in [3.05, 3.63) is 35.9 Å². The molecule has 22 heavy (non-hydrogen) atoms. The number of fused-ring (bicyclic) bond motifs is 2. The van der Waals surface area contributed by atoms with Gasteiger partial charge in [0.25, 0.3) is 0 Å². The summed E-state index contributed by atoms with van der Waals surface area (Å²) in [7, 11) is 1.54. The summed E-state index contributed by atoms with van der Waals surface area (Å²) >= 11 is 0. The number of carboxylic acids is 1. The maximum absolute atomic E-state index is 12.6.